The number of nitrogens with zero attached hydrogens (tertiary/aromatic N) is 3. The zero-order valence-electron chi connectivity index (χ0n) is 18.4. The van der Waals surface area contributed by atoms with Crippen LogP contribution in [0.3, 0.4) is 0 Å². The van der Waals surface area contributed by atoms with Gasteiger partial charge in [0.05, 0.1) is 5.56 Å². The van der Waals surface area contributed by atoms with Crippen molar-refractivity contribution in [2.45, 2.75) is 50.9 Å². The van der Waals surface area contributed by atoms with Crippen LogP contribution in [0.2, 0.25) is 0 Å². The summed E-state index contributed by atoms with van der Waals surface area (Å²) < 4.78 is 43.5. The van der Waals surface area contributed by atoms with Crippen LogP contribution in [0.4, 0.5) is 24.9 Å². The Balaban J connectivity index is 1.43. The predicted molar refractivity (Wildman–Crippen MR) is 116 cm³/mol. The molecule has 0 aliphatic heterocycles. The Morgan fingerprint density at radius 2 is 1.88 bits per heavy atom. The number of aryl methyl sites for hydroxylation is 1. The molecule has 0 unspecified atom stereocenters. The molecule has 3 rings (SSSR count). The van der Waals surface area contributed by atoms with Crippen molar-refractivity contribution in [3.63, 3.8) is 0 Å². The van der Waals surface area contributed by atoms with E-state index in [1.807, 2.05) is 25.9 Å². The van der Waals surface area contributed by atoms with Crippen molar-refractivity contribution in [1.82, 2.24) is 15.3 Å². The van der Waals surface area contributed by atoms with Gasteiger partial charge in [-0.25, -0.2) is 4.98 Å². The van der Waals surface area contributed by atoms with Gasteiger partial charge in [-0.1, -0.05) is 6.07 Å². The van der Waals surface area contributed by atoms with E-state index in [1.54, 1.807) is 6.20 Å². The minimum Gasteiger partial charge on any atom is -0.484 e. The lowest BCUT2D eigenvalue weighted by Crippen LogP contribution is -2.42. The summed E-state index contributed by atoms with van der Waals surface area (Å²) in [7, 11) is 3.87. The highest BCUT2D eigenvalue weighted by molar-refractivity contribution is 5.77. The fourth-order valence-electron chi connectivity index (χ4n) is 3.70. The average molecular weight is 451 g/mol. The lowest BCUT2D eigenvalue weighted by Gasteiger charge is -2.30. The SMILES string of the molecule is Cc1cnc(NC2CCC(NC(=O)COc3cccc(C(F)(F)F)c3)CC2)nc1N(C)C. The number of nitrogens with one attached hydrogen (secondary N) is 2. The molecule has 0 radical (unpaired) electrons. The number of rotatable bonds is 7. The van der Waals surface area contributed by atoms with E-state index in [9.17, 15) is 18.0 Å². The normalized spacial score (nSPS) is 18.7. The van der Waals surface area contributed by atoms with Crippen LogP contribution in [-0.2, 0) is 11.0 Å². The summed E-state index contributed by atoms with van der Waals surface area (Å²) in [5, 5.41) is 6.26. The van der Waals surface area contributed by atoms with E-state index in [2.05, 4.69) is 20.6 Å². The number of halogens is 3. The fraction of sp³-hybridized carbons (Fsp3) is 0.500. The van der Waals surface area contributed by atoms with Crippen molar-refractivity contribution in [3.05, 3.63) is 41.6 Å². The maximum absolute atomic E-state index is 12.8. The van der Waals surface area contributed by atoms with Crippen molar-refractivity contribution in [3.8, 4) is 5.75 Å². The lowest BCUT2D eigenvalue weighted by molar-refractivity contribution is -0.137. The number of aromatic nitrogens is 2. The van der Waals surface area contributed by atoms with Crippen LogP contribution in [0.25, 0.3) is 0 Å². The molecule has 1 aromatic heterocycles. The summed E-state index contributed by atoms with van der Waals surface area (Å²) in [4.78, 5) is 23.0. The number of carbonyl (C=O) groups is 1. The number of hydrogen-bond donors (Lipinski definition) is 2. The summed E-state index contributed by atoms with van der Waals surface area (Å²) in [6.07, 6.45) is 0.577. The minimum absolute atomic E-state index is 0.00179. The van der Waals surface area contributed by atoms with Gasteiger partial charge in [0.2, 0.25) is 5.95 Å². The largest absolute Gasteiger partial charge is 0.484 e. The van der Waals surface area contributed by atoms with Crippen molar-refractivity contribution in [1.29, 1.82) is 0 Å². The molecule has 1 aliphatic carbocycles. The van der Waals surface area contributed by atoms with E-state index in [-0.39, 0.29) is 30.3 Å². The van der Waals surface area contributed by atoms with Gasteiger partial charge in [0, 0.05) is 37.9 Å². The quantitative estimate of drug-likeness (QED) is 0.667. The molecule has 2 aromatic rings. The molecule has 1 amide bonds. The first-order valence-corrected chi connectivity index (χ1v) is 10.5. The third-order valence-corrected chi connectivity index (χ3v) is 5.33. The van der Waals surface area contributed by atoms with E-state index in [1.165, 1.54) is 12.1 Å². The van der Waals surface area contributed by atoms with Gasteiger partial charge in [-0.15, -0.1) is 0 Å². The third-order valence-electron chi connectivity index (χ3n) is 5.33. The molecule has 0 spiro atoms. The lowest BCUT2D eigenvalue weighted by atomic mass is 9.91. The van der Waals surface area contributed by atoms with Crippen LogP contribution in [0.5, 0.6) is 5.75 Å². The summed E-state index contributed by atoms with van der Waals surface area (Å²) in [6.45, 7) is 1.63. The fourth-order valence-corrected chi connectivity index (χ4v) is 3.70. The predicted octanol–water partition coefficient (Wildman–Crippen LogP) is 3.79. The Labute approximate surface area is 185 Å². The Morgan fingerprint density at radius 3 is 2.53 bits per heavy atom. The molecule has 1 aliphatic rings. The zero-order chi connectivity index (χ0) is 23.3. The van der Waals surface area contributed by atoms with Crippen LogP contribution in [0.1, 0.15) is 36.8 Å². The zero-order valence-corrected chi connectivity index (χ0v) is 18.4. The van der Waals surface area contributed by atoms with Gasteiger partial charge in [0.1, 0.15) is 11.6 Å². The molecular formula is C22H28F3N5O2. The van der Waals surface area contributed by atoms with Crippen molar-refractivity contribution in [2.24, 2.45) is 0 Å². The molecule has 0 bridgehead atoms. The van der Waals surface area contributed by atoms with E-state index < -0.39 is 11.7 Å². The van der Waals surface area contributed by atoms with Gasteiger partial charge in [0.25, 0.3) is 5.91 Å². The van der Waals surface area contributed by atoms with Gasteiger partial charge in [-0.2, -0.15) is 18.2 Å². The van der Waals surface area contributed by atoms with E-state index >= 15 is 0 Å². The number of carbonyl (C=O) groups excluding carboxylic acids is 1. The number of hydrogen-bond acceptors (Lipinski definition) is 6. The maximum Gasteiger partial charge on any atom is 0.416 e. The van der Waals surface area contributed by atoms with E-state index in [4.69, 9.17) is 4.74 Å². The van der Waals surface area contributed by atoms with Crippen molar-refractivity contribution >= 4 is 17.7 Å². The molecule has 0 saturated heterocycles. The van der Waals surface area contributed by atoms with Gasteiger partial charge >= 0.3 is 6.18 Å². The van der Waals surface area contributed by atoms with Gasteiger partial charge in [0.15, 0.2) is 6.61 Å². The standard InChI is InChI=1S/C22H28F3N5O2/c1-14-12-26-21(29-20(14)30(2)3)28-17-9-7-16(8-10-17)27-19(31)13-32-18-6-4-5-15(11-18)22(23,24)25/h4-6,11-12,16-17H,7-10,13H2,1-3H3,(H,27,31)(H,26,28,29). The van der Waals surface area contributed by atoms with Crippen LogP contribution in [0.15, 0.2) is 30.5 Å². The summed E-state index contributed by atoms with van der Waals surface area (Å²) in [6, 6.07) is 4.71. The minimum atomic E-state index is -4.45. The average Bonchev–Trinajstić information content (AvgIpc) is 2.74. The van der Waals surface area contributed by atoms with Crippen molar-refractivity contribution < 1.29 is 22.7 Å². The topological polar surface area (TPSA) is 79.4 Å². The second-order valence-electron chi connectivity index (χ2n) is 8.17. The molecular weight excluding hydrogens is 423 g/mol. The summed E-state index contributed by atoms with van der Waals surface area (Å²) >= 11 is 0. The molecule has 7 nitrogen and oxygen atoms in total. The Kier molecular flexibility index (Phi) is 7.42. The van der Waals surface area contributed by atoms with Gasteiger partial charge < -0.3 is 20.3 Å². The highest BCUT2D eigenvalue weighted by Crippen LogP contribution is 2.31. The first kappa shape index (κ1) is 23.6. The summed E-state index contributed by atoms with van der Waals surface area (Å²) in [5.74, 6) is 1.11. The molecule has 2 N–H and O–H groups in total. The van der Waals surface area contributed by atoms with Crippen LogP contribution >= 0.6 is 0 Å². The Hall–Kier alpha value is -3.04. The smallest absolute Gasteiger partial charge is 0.416 e. The molecule has 1 aromatic carbocycles. The number of amides is 1. The van der Waals surface area contributed by atoms with Gasteiger partial charge in [-0.05, 0) is 50.8 Å². The first-order chi connectivity index (χ1) is 15.1. The van der Waals surface area contributed by atoms with Gasteiger partial charge in [-0.3, -0.25) is 4.79 Å². The molecule has 32 heavy (non-hydrogen) atoms. The van der Waals surface area contributed by atoms with Crippen molar-refractivity contribution in [2.75, 3.05) is 30.9 Å². The highest BCUT2D eigenvalue weighted by Gasteiger charge is 2.30. The Bertz CT molecular complexity index is 928. The monoisotopic (exact) mass is 451 g/mol. The van der Waals surface area contributed by atoms with Crippen LogP contribution < -0.4 is 20.3 Å². The second-order valence-corrected chi connectivity index (χ2v) is 8.17. The van der Waals surface area contributed by atoms with Crippen LogP contribution in [0, 0.1) is 6.92 Å². The number of anilines is 2. The maximum atomic E-state index is 12.8. The molecule has 1 saturated carbocycles. The number of benzene rings is 1. The number of alkyl halides is 3. The van der Waals surface area contributed by atoms with Crippen LogP contribution in [-0.4, -0.2) is 48.7 Å². The number of ether oxygens (including phenoxy) is 1. The van der Waals surface area contributed by atoms with E-state index in [0.717, 1.165) is 49.2 Å². The summed E-state index contributed by atoms with van der Waals surface area (Å²) in [5.41, 5.74) is 0.191. The first-order valence-electron chi connectivity index (χ1n) is 10.5. The Morgan fingerprint density at radius 1 is 1.19 bits per heavy atom. The highest BCUT2D eigenvalue weighted by atomic mass is 19.4. The molecule has 174 valence electrons. The molecule has 0 atom stereocenters. The third kappa shape index (κ3) is 6.48. The second kappa shape index (κ2) is 10.1. The molecule has 1 heterocycles. The molecule has 1 fully saturated rings. The molecule has 10 heteroatoms. The van der Waals surface area contributed by atoms with E-state index in [0.29, 0.717) is 5.95 Å².